The number of rotatable bonds is 1. The minimum absolute atomic E-state index is 0.641. The molecule has 0 atom stereocenters. The second-order valence-corrected chi connectivity index (χ2v) is 3.13. The molecule has 0 bridgehead atoms. The number of aromatic nitrogens is 1. The van der Waals surface area contributed by atoms with Gasteiger partial charge in [-0.15, -0.1) is 11.3 Å². The van der Waals surface area contributed by atoms with E-state index < -0.39 is 0 Å². The normalized spacial score (nSPS) is 8.40. The Kier molecular flexibility index (Phi) is 5.64. The number of nitrogens with zero attached hydrogens (tertiary/aromatic N) is 1. The zero-order valence-corrected chi connectivity index (χ0v) is 8.09. The Bertz CT molecular complexity index is 174. The van der Waals surface area contributed by atoms with E-state index in [1.807, 2.05) is 20.0 Å². The summed E-state index contributed by atoms with van der Waals surface area (Å²) in [7, 11) is 0. The molecular weight excluding hydrogens is 166 g/mol. The van der Waals surface area contributed by atoms with E-state index in [1.54, 1.807) is 11.3 Å². The lowest BCUT2D eigenvalue weighted by atomic mass is 10.4. The molecule has 0 spiro atoms. The van der Waals surface area contributed by atoms with Crippen LogP contribution in [0, 0.1) is 0 Å². The molecule has 0 aromatic carbocycles. The fraction of sp³-hybridized carbons (Fsp3) is 0.571. The molecule has 1 aromatic rings. The van der Waals surface area contributed by atoms with E-state index in [1.165, 1.54) is 4.88 Å². The van der Waals surface area contributed by atoms with Crippen molar-refractivity contribution in [3.8, 4) is 0 Å². The Balaban J connectivity index is 0.000000371. The molecule has 1 rings (SSSR count). The van der Waals surface area contributed by atoms with Gasteiger partial charge < -0.3 is 0 Å². The Morgan fingerprint density at radius 3 is 2.40 bits per heavy atom. The summed E-state index contributed by atoms with van der Waals surface area (Å²) in [5.41, 5.74) is 0. The SMILES string of the molecule is CC.CCc1cnc(Cl)s1. The van der Waals surface area contributed by atoms with Crippen LogP contribution in [0.5, 0.6) is 0 Å². The van der Waals surface area contributed by atoms with E-state index in [-0.39, 0.29) is 0 Å². The maximum absolute atomic E-state index is 5.55. The quantitative estimate of drug-likeness (QED) is 0.641. The molecule has 0 aliphatic carbocycles. The first-order chi connectivity index (χ1) is 4.83. The summed E-state index contributed by atoms with van der Waals surface area (Å²) >= 11 is 7.09. The predicted molar refractivity (Wildman–Crippen MR) is 47.9 cm³/mol. The third kappa shape index (κ3) is 3.18. The minimum Gasteiger partial charge on any atom is -0.233 e. The standard InChI is InChI=1S/C5H6ClNS.C2H6/c1-2-4-3-7-5(6)8-4;1-2/h3H,2H2,1H3;1-2H3. The Hall–Kier alpha value is -0.0800. The monoisotopic (exact) mass is 177 g/mol. The Morgan fingerprint density at radius 1 is 1.60 bits per heavy atom. The van der Waals surface area contributed by atoms with Gasteiger partial charge >= 0.3 is 0 Å². The highest BCUT2D eigenvalue weighted by Crippen LogP contribution is 2.17. The van der Waals surface area contributed by atoms with Crippen LogP contribution in [0.25, 0.3) is 0 Å². The highest BCUT2D eigenvalue weighted by Gasteiger charge is 1.93. The third-order valence-corrected chi connectivity index (χ3v) is 2.13. The van der Waals surface area contributed by atoms with Crippen molar-refractivity contribution in [2.75, 3.05) is 0 Å². The van der Waals surface area contributed by atoms with Gasteiger partial charge in [-0.1, -0.05) is 32.4 Å². The van der Waals surface area contributed by atoms with Gasteiger partial charge in [-0.3, -0.25) is 0 Å². The lowest BCUT2D eigenvalue weighted by molar-refractivity contribution is 1.17. The smallest absolute Gasteiger partial charge is 0.183 e. The van der Waals surface area contributed by atoms with Crippen molar-refractivity contribution in [2.45, 2.75) is 27.2 Å². The van der Waals surface area contributed by atoms with E-state index in [9.17, 15) is 0 Å². The molecule has 1 nitrogen and oxygen atoms in total. The first-order valence-electron chi connectivity index (χ1n) is 3.43. The summed E-state index contributed by atoms with van der Waals surface area (Å²) in [6.45, 7) is 6.09. The number of hydrogen-bond donors (Lipinski definition) is 0. The number of halogens is 1. The van der Waals surface area contributed by atoms with Crippen LogP contribution in [0.2, 0.25) is 4.47 Å². The van der Waals surface area contributed by atoms with Gasteiger partial charge in [0, 0.05) is 11.1 Å². The highest BCUT2D eigenvalue weighted by atomic mass is 35.5. The molecule has 1 aromatic heterocycles. The highest BCUT2D eigenvalue weighted by molar-refractivity contribution is 7.15. The van der Waals surface area contributed by atoms with Crippen LogP contribution in [0.15, 0.2) is 6.20 Å². The maximum Gasteiger partial charge on any atom is 0.183 e. The topological polar surface area (TPSA) is 12.9 Å². The number of hydrogen-bond acceptors (Lipinski definition) is 2. The van der Waals surface area contributed by atoms with Gasteiger partial charge in [0.25, 0.3) is 0 Å². The lowest BCUT2D eigenvalue weighted by Gasteiger charge is -1.77. The lowest BCUT2D eigenvalue weighted by Crippen LogP contribution is -1.64. The van der Waals surface area contributed by atoms with E-state index in [0.717, 1.165) is 6.42 Å². The fourth-order valence-electron chi connectivity index (χ4n) is 0.447. The molecule has 0 fully saturated rings. The average molecular weight is 178 g/mol. The van der Waals surface area contributed by atoms with Crippen LogP contribution in [0.4, 0.5) is 0 Å². The van der Waals surface area contributed by atoms with Gasteiger partial charge in [-0.2, -0.15) is 0 Å². The molecular formula is C7H12ClNS. The largest absolute Gasteiger partial charge is 0.233 e. The number of thiazole rings is 1. The molecule has 1 heterocycles. The van der Waals surface area contributed by atoms with E-state index in [4.69, 9.17) is 11.6 Å². The summed E-state index contributed by atoms with van der Waals surface area (Å²) in [6.07, 6.45) is 2.84. The summed E-state index contributed by atoms with van der Waals surface area (Å²) < 4.78 is 0.641. The second-order valence-electron chi connectivity index (χ2n) is 1.43. The molecule has 0 unspecified atom stereocenters. The second kappa shape index (κ2) is 5.69. The summed E-state index contributed by atoms with van der Waals surface area (Å²) in [6, 6.07) is 0. The van der Waals surface area contributed by atoms with Crippen molar-refractivity contribution in [1.82, 2.24) is 4.98 Å². The van der Waals surface area contributed by atoms with Crippen molar-refractivity contribution in [3.05, 3.63) is 15.5 Å². The Morgan fingerprint density at radius 2 is 2.20 bits per heavy atom. The first-order valence-corrected chi connectivity index (χ1v) is 4.62. The van der Waals surface area contributed by atoms with Gasteiger partial charge in [-0.25, -0.2) is 4.98 Å². The minimum atomic E-state index is 0.641. The fourth-order valence-corrected chi connectivity index (χ4v) is 1.36. The summed E-state index contributed by atoms with van der Waals surface area (Å²) in [4.78, 5) is 5.12. The molecule has 0 aliphatic heterocycles. The van der Waals surface area contributed by atoms with E-state index in [2.05, 4.69) is 11.9 Å². The van der Waals surface area contributed by atoms with Crippen LogP contribution in [-0.4, -0.2) is 4.98 Å². The molecule has 0 saturated heterocycles. The number of aryl methyl sites for hydroxylation is 1. The van der Waals surface area contributed by atoms with Gasteiger partial charge in [-0.05, 0) is 6.42 Å². The molecule has 58 valence electrons. The van der Waals surface area contributed by atoms with Crippen LogP contribution < -0.4 is 0 Å². The molecule has 0 N–H and O–H groups in total. The Labute approximate surface area is 71.1 Å². The average Bonchev–Trinajstić information content (AvgIpc) is 2.40. The van der Waals surface area contributed by atoms with Gasteiger partial charge in [0.15, 0.2) is 4.47 Å². The first kappa shape index (κ1) is 9.92. The van der Waals surface area contributed by atoms with Crippen molar-refractivity contribution < 1.29 is 0 Å². The molecule has 0 amide bonds. The molecule has 10 heavy (non-hydrogen) atoms. The van der Waals surface area contributed by atoms with Crippen LogP contribution in [0.1, 0.15) is 25.6 Å². The predicted octanol–water partition coefficient (Wildman–Crippen LogP) is 3.39. The van der Waals surface area contributed by atoms with Crippen molar-refractivity contribution in [2.24, 2.45) is 0 Å². The van der Waals surface area contributed by atoms with E-state index in [0.29, 0.717) is 4.47 Å². The molecule has 0 saturated carbocycles. The molecule has 0 radical (unpaired) electrons. The zero-order chi connectivity index (χ0) is 7.98. The van der Waals surface area contributed by atoms with Gasteiger partial charge in [0.2, 0.25) is 0 Å². The van der Waals surface area contributed by atoms with Crippen molar-refractivity contribution in [3.63, 3.8) is 0 Å². The third-order valence-electron chi connectivity index (χ3n) is 0.874. The van der Waals surface area contributed by atoms with Gasteiger partial charge in [0.05, 0.1) is 0 Å². The van der Waals surface area contributed by atoms with Crippen molar-refractivity contribution >= 4 is 22.9 Å². The summed E-state index contributed by atoms with van der Waals surface area (Å²) in [5.74, 6) is 0. The van der Waals surface area contributed by atoms with Crippen LogP contribution >= 0.6 is 22.9 Å². The maximum atomic E-state index is 5.55. The van der Waals surface area contributed by atoms with Crippen LogP contribution in [0.3, 0.4) is 0 Å². The van der Waals surface area contributed by atoms with Crippen molar-refractivity contribution in [1.29, 1.82) is 0 Å². The summed E-state index contributed by atoms with van der Waals surface area (Å²) in [5, 5.41) is 0. The molecule has 0 aliphatic rings. The van der Waals surface area contributed by atoms with E-state index >= 15 is 0 Å². The van der Waals surface area contributed by atoms with Gasteiger partial charge in [0.1, 0.15) is 0 Å². The van der Waals surface area contributed by atoms with Crippen LogP contribution in [-0.2, 0) is 6.42 Å². The zero-order valence-electron chi connectivity index (χ0n) is 6.52. The molecule has 3 heteroatoms.